The second kappa shape index (κ2) is 14.3. The predicted molar refractivity (Wildman–Crippen MR) is 187 cm³/mol. The summed E-state index contributed by atoms with van der Waals surface area (Å²) in [5.41, 5.74) is 1.17. The fourth-order valence-electron chi connectivity index (χ4n) is 5.44. The Labute approximate surface area is 261 Å². The predicted octanol–water partition coefficient (Wildman–Crippen LogP) is 8.63. The molecule has 3 aromatic rings. The van der Waals surface area contributed by atoms with E-state index in [1.165, 1.54) is 15.9 Å². The summed E-state index contributed by atoms with van der Waals surface area (Å²) in [5, 5.41) is 2.55. The molecular weight excluding hydrogens is 569 g/mol. The summed E-state index contributed by atoms with van der Waals surface area (Å²) in [5.74, 6) is 0.477. The highest BCUT2D eigenvalue weighted by Crippen LogP contribution is 2.39. The van der Waals surface area contributed by atoms with Crippen LogP contribution in [0.1, 0.15) is 73.3 Å². The van der Waals surface area contributed by atoms with Crippen molar-refractivity contribution in [3.8, 4) is 0 Å². The Hall–Kier alpha value is -1.84. The number of benzene rings is 3. The molecule has 0 unspecified atom stereocenters. The quantitative estimate of drug-likeness (QED) is 0.179. The Kier molecular flexibility index (Phi) is 11.8. The smallest absolute Gasteiger partial charge is 0.261 e. The van der Waals surface area contributed by atoms with Crippen LogP contribution >= 0.6 is 0 Å². The van der Waals surface area contributed by atoms with E-state index >= 15 is 0 Å². The van der Waals surface area contributed by atoms with Crippen LogP contribution in [-0.2, 0) is 19.7 Å². The van der Waals surface area contributed by atoms with Crippen LogP contribution in [0.2, 0.25) is 23.2 Å². The highest BCUT2D eigenvalue weighted by Gasteiger charge is 2.51. The van der Waals surface area contributed by atoms with Gasteiger partial charge in [-0.1, -0.05) is 120 Å². The van der Waals surface area contributed by atoms with Gasteiger partial charge in [0.05, 0.1) is 22.7 Å². The number of aryl methyl sites for hydroxylation is 1. The highest BCUT2D eigenvalue weighted by atomic mass is 32.2. The zero-order valence-electron chi connectivity index (χ0n) is 27.7. The fourth-order valence-corrected chi connectivity index (χ4v) is 13.0. The topological polar surface area (TPSA) is 35.5 Å². The van der Waals surface area contributed by atoms with Gasteiger partial charge >= 0.3 is 0 Å². The van der Waals surface area contributed by atoms with Gasteiger partial charge in [-0.15, -0.1) is 0 Å². The van der Waals surface area contributed by atoms with E-state index in [9.17, 15) is 4.21 Å². The summed E-state index contributed by atoms with van der Waals surface area (Å²) in [4.78, 5) is 0.867. The van der Waals surface area contributed by atoms with E-state index in [1.807, 2.05) is 24.3 Å². The van der Waals surface area contributed by atoms with Gasteiger partial charge in [0.25, 0.3) is 8.32 Å². The molecule has 0 saturated carbocycles. The lowest BCUT2D eigenvalue weighted by Crippen LogP contribution is -2.68. The van der Waals surface area contributed by atoms with Gasteiger partial charge in [0.1, 0.15) is 0 Å². The van der Waals surface area contributed by atoms with Crippen LogP contribution in [0.25, 0.3) is 0 Å². The van der Waals surface area contributed by atoms with Crippen molar-refractivity contribution in [2.24, 2.45) is 0 Å². The van der Waals surface area contributed by atoms with Crippen molar-refractivity contribution >= 4 is 37.8 Å². The monoisotopic (exact) mass is 622 g/mol. The Bertz CT molecular complexity index is 1220. The lowest BCUT2D eigenvalue weighted by Gasteiger charge is -2.45. The summed E-state index contributed by atoms with van der Waals surface area (Å²) >= 11 is 0. The van der Waals surface area contributed by atoms with E-state index in [0.29, 0.717) is 5.75 Å². The van der Waals surface area contributed by atoms with Crippen LogP contribution in [0.15, 0.2) is 89.8 Å². The van der Waals surface area contributed by atoms with Gasteiger partial charge in [0, 0.05) is 11.0 Å². The second-order valence-electron chi connectivity index (χ2n) is 14.3. The van der Waals surface area contributed by atoms with E-state index in [2.05, 4.69) is 129 Å². The molecular formula is C36H54O3SSi2. The summed E-state index contributed by atoms with van der Waals surface area (Å²) in [7, 11) is -5.80. The van der Waals surface area contributed by atoms with Crippen LogP contribution in [0, 0.1) is 6.92 Å². The second-order valence-corrected chi connectivity index (χ2v) is 24.9. The number of hydrogen-bond donors (Lipinski definition) is 0. The number of rotatable bonds is 13. The molecule has 0 fully saturated rings. The van der Waals surface area contributed by atoms with Gasteiger partial charge in [-0.25, -0.2) is 0 Å². The first-order valence-corrected chi connectivity index (χ1v) is 21.6. The van der Waals surface area contributed by atoms with Crippen LogP contribution in [0.3, 0.4) is 0 Å². The largest absolute Gasteiger partial charge is 0.414 e. The van der Waals surface area contributed by atoms with Gasteiger partial charge in [-0.05, 0) is 78.8 Å². The van der Waals surface area contributed by atoms with E-state index < -0.39 is 27.4 Å². The Morgan fingerprint density at radius 3 is 1.67 bits per heavy atom. The molecule has 0 aliphatic rings. The Morgan fingerprint density at radius 2 is 1.21 bits per heavy atom. The molecule has 3 atom stereocenters. The van der Waals surface area contributed by atoms with Crippen LogP contribution in [0.5, 0.6) is 0 Å². The van der Waals surface area contributed by atoms with Gasteiger partial charge in [-0.3, -0.25) is 4.21 Å². The van der Waals surface area contributed by atoms with Gasteiger partial charge in [0.2, 0.25) is 0 Å². The van der Waals surface area contributed by atoms with Crippen LogP contribution < -0.4 is 10.4 Å². The standard InChI is InChI=1S/C36H54O3SSi2/c1-29-24-26-32(27-25-29)40(37)28-31(19-17-18-30(2)38-41(9,10)35(3,4)5)39-42(36(6,7)8,33-20-13-11-14-21-33)34-22-15-12-16-23-34/h11-16,20-27,30-31H,17-19,28H2,1-10H3/t30-,31+,40+/m0/s1. The van der Waals surface area contributed by atoms with Crippen molar-refractivity contribution in [2.45, 2.75) is 115 Å². The molecule has 42 heavy (non-hydrogen) atoms. The average Bonchev–Trinajstić information content (AvgIpc) is 2.91. The molecule has 3 nitrogen and oxygen atoms in total. The molecule has 3 rings (SSSR count). The van der Waals surface area contributed by atoms with Crippen LogP contribution in [0.4, 0.5) is 0 Å². The van der Waals surface area contributed by atoms with Crippen molar-refractivity contribution in [1.29, 1.82) is 0 Å². The Balaban J connectivity index is 1.96. The molecule has 6 heteroatoms. The minimum atomic E-state index is -2.79. The molecule has 0 saturated heterocycles. The minimum absolute atomic E-state index is 0.141. The zero-order chi connectivity index (χ0) is 31.2. The molecule has 0 spiro atoms. The summed E-state index contributed by atoms with van der Waals surface area (Å²) < 4.78 is 28.0. The maximum absolute atomic E-state index is 13.8. The first-order chi connectivity index (χ1) is 19.6. The zero-order valence-corrected chi connectivity index (χ0v) is 30.5. The normalized spacial score (nSPS) is 15.3. The first-order valence-electron chi connectivity index (χ1n) is 15.5. The lowest BCUT2D eigenvalue weighted by molar-refractivity contribution is 0.164. The SMILES string of the molecule is Cc1ccc([S@](=O)C[C@@H](CCC[C@H](C)O[Si](C)(C)C(C)(C)C)O[Si](c2ccccc2)(c2ccccc2)C(C)(C)C)cc1. The summed E-state index contributed by atoms with van der Waals surface area (Å²) in [6.07, 6.45) is 2.79. The molecule has 0 amide bonds. The van der Waals surface area contributed by atoms with Crippen LogP contribution in [-0.4, -0.2) is 38.8 Å². The molecule has 0 aliphatic heterocycles. The molecule has 0 bridgehead atoms. The molecule has 3 aromatic carbocycles. The van der Waals surface area contributed by atoms with E-state index in [0.717, 1.165) is 24.2 Å². The third-order valence-electron chi connectivity index (χ3n) is 8.82. The van der Waals surface area contributed by atoms with Gasteiger partial charge in [0.15, 0.2) is 8.32 Å². The first kappa shape index (κ1) is 34.7. The van der Waals surface area contributed by atoms with Crippen molar-refractivity contribution < 1.29 is 13.1 Å². The average molecular weight is 623 g/mol. The summed E-state index contributed by atoms with van der Waals surface area (Å²) in [6, 6.07) is 29.6. The van der Waals surface area contributed by atoms with Gasteiger partial charge < -0.3 is 8.85 Å². The van der Waals surface area contributed by atoms with E-state index in [1.54, 1.807) is 0 Å². The lowest BCUT2D eigenvalue weighted by atomic mass is 10.1. The molecule has 230 valence electrons. The van der Waals surface area contributed by atoms with Crippen molar-refractivity contribution in [3.05, 3.63) is 90.5 Å². The third-order valence-corrected chi connectivity index (χ3v) is 20.0. The maximum Gasteiger partial charge on any atom is 0.261 e. The molecule has 0 aliphatic carbocycles. The molecule has 0 N–H and O–H groups in total. The van der Waals surface area contributed by atoms with Crippen molar-refractivity contribution in [1.82, 2.24) is 0 Å². The summed E-state index contributed by atoms with van der Waals surface area (Å²) in [6.45, 7) is 22.7. The Morgan fingerprint density at radius 1 is 0.714 bits per heavy atom. The third kappa shape index (κ3) is 8.63. The fraction of sp³-hybridized carbons (Fsp3) is 0.500. The highest BCUT2D eigenvalue weighted by molar-refractivity contribution is 7.85. The van der Waals surface area contributed by atoms with E-state index in [-0.39, 0.29) is 22.3 Å². The van der Waals surface area contributed by atoms with Crippen molar-refractivity contribution in [3.63, 3.8) is 0 Å². The number of hydrogen-bond acceptors (Lipinski definition) is 3. The van der Waals surface area contributed by atoms with E-state index in [4.69, 9.17) is 8.85 Å². The molecule has 0 aromatic heterocycles. The maximum atomic E-state index is 13.8. The minimum Gasteiger partial charge on any atom is -0.414 e. The molecule has 0 heterocycles. The molecule has 0 radical (unpaired) electrons. The van der Waals surface area contributed by atoms with Crippen molar-refractivity contribution in [2.75, 3.05) is 5.75 Å². The van der Waals surface area contributed by atoms with Gasteiger partial charge in [-0.2, -0.15) is 0 Å².